The smallest absolute Gasteiger partial charge is 0.409 e. The molecule has 1 aromatic rings. The lowest BCUT2D eigenvalue weighted by Gasteiger charge is -2.34. The Bertz CT molecular complexity index is 671. The van der Waals surface area contributed by atoms with E-state index in [1.165, 1.54) is 6.20 Å². The number of carbonyl (C=O) groups excluding carboxylic acids is 3. The van der Waals surface area contributed by atoms with Crippen LogP contribution in [0.1, 0.15) is 47.5 Å². The van der Waals surface area contributed by atoms with Crippen molar-refractivity contribution in [3.8, 4) is 0 Å². The average Bonchev–Trinajstić information content (AvgIpc) is 2.71. The molecule has 2 heterocycles. The molecule has 0 aliphatic carbocycles. The third kappa shape index (κ3) is 5.42. The predicted molar refractivity (Wildman–Crippen MR) is 101 cm³/mol. The van der Waals surface area contributed by atoms with Gasteiger partial charge >= 0.3 is 6.09 Å². The third-order valence-electron chi connectivity index (χ3n) is 4.51. The molecule has 3 amide bonds. The minimum Gasteiger partial charge on any atom is -0.450 e. The van der Waals surface area contributed by atoms with E-state index in [0.717, 1.165) is 12.8 Å². The Morgan fingerprint density at radius 2 is 1.81 bits per heavy atom. The highest BCUT2D eigenvalue weighted by Gasteiger charge is 2.26. The fourth-order valence-corrected chi connectivity index (χ4v) is 2.86. The van der Waals surface area contributed by atoms with Crippen molar-refractivity contribution in [2.24, 2.45) is 0 Å². The van der Waals surface area contributed by atoms with Crippen LogP contribution in [0, 0.1) is 0 Å². The monoisotopic (exact) mass is 376 g/mol. The van der Waals surface area contributed by atoms with Gasteiger partial charge in [-0.15, -0.1) is 0 Å². The van der Waals surface area contributed by atoms with Crippen molar-refractivity contribution < 1.29 is 19.1 Å². The fraction of sp³-hybridized carbons (Fsp3) is 0.579. The topological polar surface area (TPSA) is 83.1 Å². The number of hydrogen-bond donors (Lipinski definition) is 0. The molecule has 0 saturated carbocycles. The van der Waals surface area contributed by atoms with Crippen molar-refractivity contribution in [3.05, 3.63) is 29.6 Å². The number of carbonyl (C=O) groups is 3. The Hall–Kier alpha value is -2.64. The molecule has 8 heteroatoms. The van der Waals surface area contributed by atoms with Gasteiger partial charge in [0.25, 0.3) is 11.8 Å². The van der Waals surface area contributed by atoms with Crippen LogP contribution in [0.3, 0.4) is 0 Å². The number of piperazine rings is 1. The molecule has 1 aliphatic heterocycles. The van der Waals surface area contributed by atoms with Gasteiger partial charge in [0.15, 0.2) is 0 Å². The molecule has 0 unspecified atom stereocenters. The molecule has 0 N–H and O–H groups in total. The van der Waals surface area contributed by atoms with E-state index in [4.69, 9.17) is 4.74 Å². The molecule has 27 heavy (non-hydrogen) atoms. The van der Waals surface area contributed by atoms with Crippen molar-refractivity contribution in [2.75, 3.05) is 46.4 Å². The second-order valence-electron chi connectivity index (χ2n) is 6.49. The van der Waals surface area contributed by atoms with Gasteiger partial charge in [0.05, 0.1) is 6.61 Å². The average molecular weight is 376 g/mol. The van der Waals surface area contributed by atoms with Gasteiger partial charge in [-0.2, -0.15) is 0 Å². The molecule has 0 atom stereocenters. The van der Waals surface area contributed by atoms with Crippen LogP contribution in [0.25, 0.3) is 0 Å². The summed E-state index contributed by atoms with van der Waals surface area (Å²) in [6.45, 7) is 6.54. The van der Waals surface area contributed by atoms with E-state index in [9.17, 15) is 14.4 Å². The number of unbranched alkanes of at least 4 members (excludes halogenated alkanes) is 1. The summed E-state index contributed by atoms with van der Waals surface area (Å²) in [7, 11) is 1.74. The van der Waals surface area contributed by atoms with Crippen molar-refractivity contribution in [1.29, 1.82) is 0 Å². The van der Waals surface area contributed by atoms with Crippen molar-refractivity contribution >= 4 is 17.9 Å². The van der Waals surface area contributed by atoms with Crippen molar-refractivity contribution in [1.82, 2.24) is 19.7 Å². The zero-order valence-corrected chi connectivity index (χ0v) is 16.3. The maximum Gasteiger partial charge on any atom is 0.409 e. The molecule has 1 saturated heterocycles. The van der Waals surface area contributed by atoms with Crippen LogP contribution in [-0.4, -0.2) is 84.0 Å². The fourth-order valence-electron chi connectivity index (χ4n) is 2.86. The van der Waals surface area contributed by atoms with Gasteiger partial charge in [0.2, 0.25) is 0 Å². The number of pyridine rings is 1. The molecule has 2 rings (SSSR count). The first-order valence-corrected chi connectivity index (χ1v) is 9.40. The second kappa shape index (κ2) is 9.89. The van der Waals surface area contributed by atoms with Gasteiger partial charge in [-0.3, -0.25) is 14.6 Å². The lowest BCUT2D eigenvalue weighted by molar-refractivity contribution is 0.0570. The molecule has 148 valence electrons. The number of aromatic nitrogens is 1. The van der Waals surface area contributed by atoms with Gasteiger partial charge in [-0.05, 0) is 25.5 Å². The van der Waals surface area contributed by atoms with E-state index < -0.39 is 0 Å². The Labute approximate surface area is 160 Å². The summed E-state index contributed by atoms with van der Waals surface area (Å²) >= 11 is 0. The first-order valence-electron chi connectivity index (χ1n) is 9.40. The van der Waals surface area contributed by atoms with E-state index in [1.807, 2.05) is 0 Å². The quantitative estimate of drug-likeness (QED) is 0.757. The van der Waals surface area contributed by atoms with Gasteiger partial charge in [0, 0.05) is 51.5 Å². The summed E-state index contributed by atoms with van der Waals surface area (Å²) in [5.74, 6) is -0.351. The molecule has 0 spiro atoms. The van der Waals surface area contributed by atoms with E-state index in [0.29, 0.717) is 44.9 Å². The summed E-state index contributed by atoms with van der Waals surface area (Å²) in [4.78, 5) is 46.0. The van der Waals surface area contributed by atoms with Crippen LogP contribution in [0.4, 0.5) is 4.79 Å². The van der Waals surface area contributed by atoms with Crippen LogP contribution in [-0.2, 0) is 4.74 Å². The molecular formula is C19H28N4O4. The molecule has 0 radical (unpaired) electrons. The van der Waals surface area contributed by atoms with E-state index in [1.54, 1.807) is 40.8 Å². The molecule has 8 nitrogen and oxygen atoms in total. The number of amides is 3. The van der Waals surface area contributed by atoms with E-state index in [2.05, 4.69) is 11.9 Å². The SMILES string of the molecule is CCCCN(C)C(=O)c1cc(C(=O)N2CCN(C(=O)OCC)CC2)ccn1. The standard InChI is InChI=1S/C19H28N4O4/c1-4-6-9-21(3)18(25)16-14-15(7-8-20-16)17(24)22-10-12-23(13-11-22)19(26)27-5-2/h7-8,14H,4-6,9-13H2,1-3H3. The van der Waals surface area contributed by atoms with Crippen LogP contribution < -0.4 is 0 Å². The Balaban J connectivity index is 1.99. The lowest BCUT2D eigenvalue weighted by atomic mass is 10.1. The molecule has 0 aromatic carbocycles. The minimum atomic E-state index is -0.350. The van der Waals surface area contributed by atoms with Crippen molar-refractivity contribution in [3.63, 3.8) is 0 Å². The summed E-state index contributed by atoms with van der Waals surface area (Å²) < 4.78 is 4.99. The summed E-state index contributed by atoms with van der Waals surface area (Å²) in [5, 5.41) is 0. The first-order chi connectivity index (χ1) is 13.0. The Morgan fingerprint density at radius 1 is 1.15 bits per heavy atom. The van der Waals surface area contributed by atoms with Crippen molar-refractivity contribution in [2.45, 2.75) is 26.7 Å². The van der Waals surface area contributed by atoms with Crippen LogP contribution in [0.5, 0.6) is 0 Å². The van der Waals surface area contributed by atoms with Gasteiger partial charge in [-0.25, -0.2) is 4.79 Å². The Kier molecular flexibility index (Phi) is 7.57. The van der Waals surface area contributed by atoms with Crippen LogP contribution in [0.2, 0.25) is 0 Å². The summed E-state index contributed by atoms with van der Waals surface area (Å²) in [5.41, 5.74) is 0.700. The third-order valence-corrected chi connectivity index (χ3v) is 4.51. The highest BCUT2D eigenvalue weighted by Crippen LogP contribution is 2.12. The maximum atomic E-state index is 12.8. The summed E-state index contributed by atoms with van der Waals surface area (Å²) in [6, 6.07) is 3.16. The second-order valence-corrected chi connectivity index (χ2v) is 6.49. The van der Waals surface area contributed by atoms with Crippen LogP contribution in [0.15, 0.2) is 18.3 Å². The van der Waals surface area contributed by atoms with Gasteiger partial charge in [0.1, 0.15) is 5.69 Å². The minimum absolute atomic E-state index is 0.161. The zero-order valence-electron chi connectivity index (χ0n) is 16.3. The number of hydrogen-bond acceptors (Lipinski definition) is 5. The molecule has 0 bridgehead atoms. The Morgan fingerprint density at radius 3 is 2.44 bits per heavy atom. The molecule has 1 aromatic heterocycles. The zero-order chi connectivity index (χ0) is 19.8. The number of rotatable bonds is 6. The number of nitrogens with zero attached hydrogens (tertiary/aromatic N) is 4. The predicted octanol–water partition coefficient (Wildman–Crippen LogP) is 1.87. The first kappa shape index (κ1) is 20.7. The summed E-state index contributed by atoms with van der Waals surface area (Å²) in [6.07, 6.45) is 3.06. The van der Waals surface area contributed by atoms with Crippen LogP contribution >= 0.6 is 0 Å². The van der Waals surface area contributed by atoms with E-state index in [-0.39, 0.29) is 23.6 Å². The molecular weight excluding hydrogens is 348 g/mol. The highest BCUT2D eigenvalue weighted by molar-refractivity contribution is 5.98. The number of ether oxygens (including phenoxy) is 1. The van der Waals surface area contributed by atoms with E-state index >= 15 is 0 Å². The largest absolute Gasteiger partial charge is 0.450 e. The highest BCUT2D eigenvalue weighted by atomic mass is 16.6. The maximum absolute atomic E-state index is 12.8. The normalized spacial score (nSPS) is 14.0. The molecule has 1 fully saturated rings. The molecule has 1 aliphatic rings. The van der Waals surface area contributed by atoms with Gasteiger partial charge < -0.3 is 19.4 Å². The van der Waals surface area contributed by atoms with Gasteiger partial charge in [-0.1, -0.05) is 13.3 Å². The lowest BCUT2D eigenvalue weighted by Crippen LogP contribution is -2.50.